The molecule has 1 N–H and O–H groups in total. The first-order chi connectivity index (χ1) is 19.0. The van der Waals surface area contributed by atoms with Crippen molar-refractivity contribution >= 4 is 28.8 Å². The number of halogens is 1. The Kier molecular flexibility index (Phi) is 6.49. The van der Waals surface area contributed by atoms with Gasteiger partial charge in [0.1, 0.15) is 17.3 Å². The highest BCUT2D eigenvalue weighted by Gasteiger charge is 2.29. The lowest BCUT2D eigenvalue weighted by molar-refractivity contribution is -0.119. The van der Waals surface area contributed by atoms with E-state index in [0.29, 0.717) is 28.4 Å². The van der Waals surface area contributed by atoms with Crippen molar-refractivity contribution in [2.24, 2.45) is 4.99 Å². The van der Waals surface area contributed by atoms with Crippen LogP contribution in [0.1, 0.15) is 34.4 Å². The van der Waals surface area contributed by atoms with Gasteiger partial charge in [0.05, 0.1) is 15.6 Å². The Balaban J connectivity index is 1.36. The largest absolute Gasteiger partial charge is 0.402 e. The fourth-order valence-electron chi connectivity index (χ4n) is 4.30. The predicted octanol–water partition coefficient (Wildman–Crippen LogP) is 5.06. The van der Waals surface area contributed by atoms with Crippen LogP contribution in [0.3, 0.4) is 0 Å². The number of Topliss-reactive ketones (excluding diaryl/α,β-unsaturated/α-hetero) is 1. The number of rotatable bonds is 6. The zero-order valence-electron chi connectivity index (χ0n) is 21.1. The van der Waals surface area contributed by atoms with Crippen LogP contribution in [0.25, 0.3) is 22.0 Å². The minimum atomic E-state index is -1.06. The van der Waals surface area contributed by atoms with Gasteiger partial charge in [-0.3, -0.25) is 9.79 Å². The first-order valence-corrected chi connectivity index (χ1v) is 13.1. The van der Waals surface area contributed by atoms with Crippen molar-refractivity contribution in [3.05, 3.63) is 94.3 Å². The summed E-state index contributed by atoms with van der Waals surface area (Å²) < 4.78 is 20.7. The molecule has 0 saturated heterocycles. The molecule has 5 aromatic rings. The van der Waals surface area contributed by atoms with E-state index in [4.69, 9.17) is 9.41 Å². The van der Waals surface area contributed by atoms with Crippen LogP contribution in [0.4, 0.5) is 10.4 Å². The minimum Gasteiger partial charge on any atom is -0.402 e. The van der Waals surface area contributed by atoms with Crippen LogP contribution in [0.2, 0.25) is 0 Å². The number of thiazole rings is 1. The lowest BCUT2D eigenvalue weighted by Gasteiger charge is -2.11. The van der Waals surface area contributed by atoms with Gasteiger partial charge in [-0.2, -0.15) is 0 Å². The van der Waals surface area contributed by atoms with Crippen molar-refractivity contribution in [3.63, 3.8) is 0 Å². The van der Waals surface area contributed by atoms with Crippen molar-refractivity contribution in [2.45, 2.75) is 32.9 Å². The third-order valence-corrected chi connectivity index (χ3v) is 7.49. The molecule has 1 aliphatic heterocycles. The summed E-state index contributed by atoms with van der Waals surface area (Å²) >= 11 is 1.50. The van der Waals surface area contributed by atoms with E-state index < -0.39 is 12.0 Å². The van der Waals surface area contributed by atoms with E-state index in [2.05, 4.69) is 30.5 Å². The number of hydrogen-bond donors (Lipinski definition) is 1. The number of nitrogens with zero attached hydrogens (tertiary/aromatic N) is 6. The first kappa shape index (κ1) is 24.7. The number of aryl methyl sites for hydroxylation is 2. The third-order valence-electron chi connectivity index (χ3n) is 6.24. The minimum absolute atomic E-state index is 0.00287. The van der Waals surface area contributed by atoms with E-state index in [0.717, 1.165) is 27.4 Å². The van der Waals surface area contributed by atoms with E-state index >= 15 is 0 Å². The number of ketones is 1. The summed E-state index contributed by atoms with van der Waals surface area (Å²) in [6, 6.07) is 14.1. The summed E-state index contributed by atoms with van der Waals surface area (Å²) in [6.07, 6.45) is 3.00. The Morgan fingerprint density at radius 2 is 1.85 bits per heavy atom. The maximum atomic E-state index is 14.8. The standard InChI is InChI=1S/C28H22FN7O2S/c1-3-22-32-24(25(39-22)17-13-30-15(2)31-14-17)27-35-36-28(38-27)34-26-21(37)12-19-18(10-7-11-20(19)29)23(33-26)16-8-5-4-6-9-16/h4-11,13-14,26H,3,12H2,1-2H3,(H,34,36)/t26-/m0/s1. The van der Waals surface area contributed by atoms with E-state index in [1.54, 1.807) is 24.5 Å². The van der Waals surface area contributed by atoms with Gasteiger partial charge in [-0.05, 0) is 19.4 Å². The number of anilines is 1. The lowest BCUT2D eigenvalue weighted by Crippen LogP contribution is -2.29. The van der Waals surface area contributed by atoms with E-state index in [1.165, 1.54) is 17.4 Å². The van der Waals surface area contributed by atoms with Gasteiger partial charge < -0.3 is 9.73 Å². The second-order valence-electron chi connectivity index (χ2n) is 8.87. The summed E-state index contributed by atoms with van der Waals surface area (Å²) in [7, 11) is 0. The Hall–Kier alpha value is -4.64. The molecule has 4 heterocycles. The molecule has 6 rings (SSSR count). The molecule has 3 aromatic heterocycles. The zero-order chi connectivity index (χ0) is 26.9. The molecule has 0 bridgehead atoms. The summed E-state index contributed by atoms with van der Waals surface area (Å²) in [5.74, 6) is 0.0709. The Bertz CT molecular complexity index is 1700. The monoisotopic (exact) mass is 539 g/mol. The Morgan fingerprint density at radius 1 is 1.05 bits per heavy atom. The van der Waals surface area contributed by atoms with E-state index in [9.17, 15) is 9.18 Å². The molecule has 39 heavy (non-hydrogen) atoms. The smallest absolute Gasteiger partial charge is 0.317 e. The molecule has 11 heteroatoms. The Morgan fingerprint density at radius 3 is 2.62 bits per heavy atom. The molecule has 0 spiro atoms. The molecule has 0 aliphatic carbocycles. The molecular weight excluding hydrogens is 517 g/mol. The third kappa shape index (κ3) is 4.84. The molecule has 2 aromatic carbocycles. The number of carbonyl (C=O) groups excluding carboxylic acids is 1. The van der Waals surface area contributed by atoms with Crippen molar-refractivity contribution in [1.82, 2.24) is 25.1 Å². The lowest BCUT2D eigenvalue weighted by atomic mass is 9.95. The van der Waals surface area contributed by atoms with Gasteiger partial charge in [-0.1, -0.05) is 54.5 Å². The fraction of sp³-hybridized carbons (Fsp3) is 0.179. The van der Waals surface area contributed by atoms with Gasteiger partial charge >= 0.3 is 6.01 Å². The van der Waals surface area contributed by atoms with Crippen molar-refractivity contribution < 1.29 is 13.6 Å². The van der Waals surface area contributed by atoms with Crippen LogP contribution in [0.5, 0.6) is 0 Å². The van der Waals surface area contributed by atoms with Gasteiger partial charge in [0.2, 0.25) is 0 Å². The molecular formula is C28H22FN7O2S. The van der Waals surface area contributed by atoms with Gasteiger partial charge in [-0.25, -0.2) is 19.3 Å². The second-order valence-corrected chi connectivity index (χ2v) is 9.95. The molecule has 1 aliphatic rings. The molecule has 1 atom stereocenters. The molecule has 0 unspecified atom stereocenters. The maximum absolute atomic E-state index is 14.8. The van der Waals surface area contributed by atoms with Gasteiger partial charge in [-0.15, -0.1) is 16.4 Å². The molecule has 9 nitrogen and oxygen atoms in total. The zero-order valence-corrected chi connectivity index (χ0v) is 21.9. The van der Waals surface area contributed by atoms with Crippen LogP contribution in [-0.4, -0.2) is 42.8 Å². The summed E-state index contributed by atoms with van der Waals surface area (Å²) in [5, 5.41) is 12.1. The van der Waals surface area contributed by atoms with Crippen molar-refractivity contribution in [3.8, 4) is 22.0 Å². The number of nitrogens with one attached hydrogen (secondary N) is 1. The fourth-order valence-corrected chi connectivity index (χ4v) is 5.27. The van der Waals surface area contributed by atoms with Crippen LogP contribution in [0.15, 0.2) is 70.3 Å². The number of carbonyl (C=O) groups is 1. The SMILES string of the molecule is CCc1nc(-c2nnc(N[C@@H]3N=C(c4ccccc4)c4cccc(F)c4CC3=O)o2)c(-c2cnc(C)nc2)s1. The summed E-state index contributed by atoms with van der Waals surface area (Å²) in [6.45, 7) is 3.83. The van der Waals surface area contributed by atoms with Crippen LogP contribution in [-0.2, 0) is 17.6 Å². The molecule has 0 fully saturated rings. The topological polar surface area (TPSA) is 119 Å². The van der Waals surface area contributed by atoms with Crippen LogP contribution < -0.4 is 5.32 Å². The maximum Gasteiger partial charge on any atom is 0.317 e. The Labute approximate surface area is 226 Å². The number of fused-ring (bicyclic) bond motifs is 1. The predicted molar refractivity (Wildman–Crippen MR) is 145 cm³/mol. The van der Waals surface area contributed by atoms with E-state index in [-0.39, 0.29) is 24.1 Å². The molecule has 0 radical (unpaired) electrons. The first-order valence-electron chi connectivity index (χ1n) is 12.3. The average Bonchev–Trinajstić information content (AvgIpc) is 3.57. The normalized spacial score (nSPS) is 15.0. The second kappa shape index (κ2) is 10.3. The number of benzene rings is 2. The molecule has 0 amide bonds. The number of hydrogen-bond acceptors (Lipinski definition) is 10. The highest BCUT2D eigenvalue weighted by atomic mass is 32.1. The quantitative estimate of drug-likeness (QED) is 0.318. The van der Waals surface area contributed by atoms with Gasteiger partial charge in [0, 0.05) is 41.1 Å². The van der Waals surface area contributed by atoms with Crippen LogP contribution in [0, 0.1) is 12.7 Å². The molecule has 194 valence electrons. The van der Waals surface area contributed by atoms with Crippen LogP contribution >= 0.6 is 11.3 Å². The average molecular weight is 540 g/mol. The van der Waals surface area contributed by atoms with E-state index in [1.807, 2.05) is 44.2 Å². The van der Waals surface area contributed by atoms with Gasteiger partial charge in [0.15, 0.2) is 11.9 Å². The number of aromatic nitrogens is 5. The summed E-state index contributed by atoms with van der Waals surface area (Å²) in [5.41, 5.74) is 3.44. The van der Waals surface area contributed by atoms with Gasteiger partial charge in [0.25, 0.3) is 5.89 Å². The number of aliphatic imine (C=N–C) groups is 1. The van der Waals surface area contributed by atoms with Crippen molar-refractivity contribution in [1.29, 1.82) is 0 Å². The highest BCUT2D eigenvalue weighted by molar-refractivity contribution is 7.15. The molecule has 0 saturated carbocycles. The highest BCUT2D eigenvalue weighted by Crippen LogP contribution is 2.36. The van der Waals surface area contributed by atoms with Crippen molar-refractivity contribution in [2.75, 3.05) is 5.32 Å². The summed E-state index contributed by atoms with van der Waals surface area (Å²) in [4.78, 5) is 32.0.